The maximum atomic E-state index is 13.9. The summed E-state index contributed by atoms with van der Waals surface area (Å²) in [5.41, 5.74) is 6.00. The van der Waals surface area contributed by atoms with Crippen LogP contribution < -0.4 is 5.73 Å². The Kier molecular flexibility index (Phi) is 4.42. The van der Waals surface area contributed by atoms with E-state index in [1.165, 1.54) is 18.2 Å². The number of carbonyl (C=O) groups is 1. The number of carboxylic acid groups (broad SMARTS) is 1. The average Bonchev–Trinajstić information content (AvgIpc) is 2.86. The number of hydrogen-bond donors (Lipinski definition) is 2. The van der Waals surface area contributed by atoms with E-state index in [0.29, 0.717) is 16.3 Å². The average molecular weight is 298 g/mol. The highest BCUT2D eigenvalue weighted by Crippen LogP contribution is 2.29. The van der Waals surface area contributed by atoms with Crippen LogP contribution in [0, 0.1) is 5.82 Å². The Morgan fingerprint density at radius 2 is 2.15 bits per heavy atom. The summed E-state index contributed by atoms with van der Waals surface area (Å²) in [6, 6.07) is 7.32. The summed E-state index contributed by atoms with van der Waals surface area (Å²) in [7, 11) is 0. The Bertz CT molecular complexity index is 606. The number of furan rings is 1. The molecule has 0 bridgehead atoms. The fraction of sp³-hybridized carbons (Fsp3) is 0.214. The molecule has 6 heteroatoms. The van der Waals surface area contributed by atoms with Gasteiger partial charge in [0.15, 0.2) is 0 Å². The lowest BCUT2D eigenvalue weighted by molar-refractivity contribution is 0.0660. The van der Waals surface area contributed by atoms with Crippen LogP contribution in [0.5, 0.6) is 0 Å². The Labute approximate surface area is 120 Å². The highest BCUT2D eigenvalue weighted by atomic mass is 35.5. The van der Waals surface area contributed by atoms with Crippen molar-refractivity contribution in [2.75, 3.05) is 6.54 Å². The van der Waals surface area contributed by atoms with Crippen molar-refractivity contribution in [1.29, 1.82) is 0 Å². The van der Waals surface area contributed by atoms with Crippen LogP contribution in [-0.2, 0) is 6.42 Å². The second-order valence-electron chi connectivity index (χ2n) is 4.34. The van der Waals surface area contributed by atoms with Crippen molar-refractivity contribution < 1.29 is 18.7 Å². The molecule has 1 heterocycles. The summed E-state index contributed by atoms with van der Waals surface area (Å²) in [5, 5.41) is 9.09. The minimum absolute atomic E-state index is 0.157. The van der Waals surface area contributed by atoms with E-state index in [2.05, 4.69) is 0 Å². The van der Waals surface area contributed by atoms with Crippen LogP contribution in [0.3, 0.4) is 0 Å². The van der Waals surface area contributed by atoms with E-state index >= 15 is 0 Å². The van der Waals surface area contributed by atoms with Crippen molar-refractivity contribution in [3.05, 3.63) is 58.3 Å². The topological polar surface area (TPSA) is 76.5 Å². The highest BCUT2D eigenvalue weighted by molar-refractivity contribution is 6.31. The quantitative estimate of drug-likeness (QED) is 0.889. The summed E-state index contributed by atoms with van der Waals surface area (Å²) in [6.07, 6.45) is 0.282. The molecule has 0 amide bonds. The third kappa shape index (κ3) is 3.00. The van der Waals surface area contributed by atoms with Crippen LogP contribution in [0.15, 0.2) is 34.7 Å². The smallest absolute Gasteiger partial charge is 0.371 e. The minimum atomic E-state index is -1.15. The van der Waals surface area contributed by atoms with Crippen molar-refractivity contribution in [2.24, 2.45) is 5.73 Å². The van der Waals surface area contributed by atoms with Crippen molar-refractivity contribution in [3.8, 4) is 0 Å². The van der Waals surface area contributed by atoms with E-state index in [-0.39, 0.29) is 24.6 Å². The molecule has 4 nitrogen and oxygen atoms in total. The van der Waals surface area contributed by atoms with E-state index in [4.69, 9.17) is 26.9 Å². The standard InChI is InChI=1S/C14H13ClFNO3/c15-10-2-1-3-11(16)13(10)8(7-17)6-9-4-5-12(20-9)14(18)19/h1-5,8H,6-7,17H2,(H,18,19). The normalized spacial score (nSPS) is 12.3. The summed E-state index contributed by atoms with van der Waals surface area (Å²) in [4.78, 5) is 10.7. The van der Waals surface area contributed by atoms with Crippen LogP contribution in [0.4, 0.5) is 4.39 Å². The molecule has 3 N–H and O–H groups in total. The lowest BCUT2D eigenvalue weighted by atomic mass is 9.94. The predicted molar refractivity (Wildman–Crippen MR) is 72.6 cm³/mol. The zero-order chi connectivity index (χ0) is 14.7. The molecule has 0 aliphatic heterocycles. The van der Waals surface area contributed by atoms with Gasteiger partial charge >= 0.3 is 5.97 Å². The van der Waals surface area contributed by atoms with Crippen LogP contribution in [0.2, 0.25) is 5.02 Å². The van der Waals surface area contributed by atoms with Crippen LogP contribution >= 0.6 is 11.6 Å². The second kappa shape index (κ2) is 6.07. The van der Waals surface area contributed by atoms with Gasteiger partial charge in [-0.2, -0.15) is 0 Å². The van der Waals surface area contributed by atoms with E-state index in [1.807, 2.05) is 0 Å². The zero-order valence-corrected chi connectivity index (χ0v) is 11.2. The Balaban J connectivity index is 2.26. The molecule has 106 valence electrons. The van der Waals surface area contributed by atoms with Crippen molar-refractivity contribution in [1.82, 2.24) is 0 Å². The SMILES string of the molecule is NCC(Cc1ccc(C(=O)O)o1)c1c(F)cccc1Cl. The van der Waals surface area contributed by atoms with E-state index < -0.39 is 11.8 Å². The fourth-order valence-electron chi connectivity index (χ4n) is 2.05. The lowest BCUT2D eigenvalue weighted by Gasteiger charge is -2.16. The maximum Gasteiger partial charge on any atom is 0.371 e. The van der Waals surface area contributed by atoms with Crippen LogP contribution in [-0.4, -0.2) is 17.6 Å². The van der Waals surface area contributed by atoms with Gasteiger partial charge in [0.2, 0.25) is 5.76 Å². The van der Waals surface area contributed by atoms with E-state index in [1.54, 1.807) is 12.1 Å². The highest BCUT2D eigenvalue weighted by Gasteiger charge is 2.20. The van der Waals surface area contributed by atoms with Gasteiger partial charge in [-0.05, 0) is 30.8 Å². The first-order valence-corrected chi connectivity index (χ1v) is 6.36. The van der Waals surface area contributed by atoms with Gasteiger partial charge in [0.05, 0.1) is 0 Å². The van der Waals surface area contributed by atoms with Crippen LogP contribution in [0.1, 0.15) is 27.8 Å². The fourth-order valence-corrected chi connectivity index (χ4v) is 2.37. The number of carboxylic acids is 1. The molecule has 2 aromatic rings. The molecule has 0 fully saturated rings. The first-order valence-electron chi connectivity index (χ1n) is 5.99. The molecule has 0 radical (unpaired) electrons. The third-order valence-electron chi connectivity index (χ3n) is 3.01. The molecular weight excluding hydrogens is 285 g/mol. The number of hydrogen-bond acceptors (Lipinski definition) is 3. The predicted octanol–water partition coefficient (Wildman–Crippen LogP) is 3.06. The van der Waals surface area contributed by atoms with E-state index in [0.717, 1.165) is 0 Å². The van der Waals surface area contributed by atoms with Crippen LogP contribution in [0.25, 0.3) is 0 Å². The third-order valence-corrected chi connectivity index (χ3v) is 3.34. The molecular formula is C14H13ClFNO3. The Hall–Kier alpha value is -1.85. The van der Waals surface area contributed by atoms with Gasteiger partial charge in [0.25, 0.3) is 0 Å². The molecule has 20 heavy (non-hydrogen) atoms. The van der Waals surface area contributed by atoms with Gasteiger partial charge in [-0.25, -0.2) is 9.18 Å². The van der Waals surface area contributed by atoms with Crippen molar-refractivity contribution >= 4 is 17.6 Å². The number of rotatable bonds is 5. The molecule has 1 aromatic heterocycles. The molecule has 0 spiro atoms. The lowest BCUT2D eigenvalue weighted by Crippen LogP contribution is -2.16. The molecule has 1 aromatic carbocycles. The largest absolute Gasteiger partial charge is 0.475 e. The molecule has 1 atom stereocenters. The van der Waals surface area contributed by atoms with Gasteiger partial charge < -0.3 is 15.3 Å². The Morgan fingerprint density at radius 3 is 2.70 bits per heavy atom. The van der Waals surface area contributed by atoms with Gasteiger partial charge in [-0.1, -0.05) is 17.7 Å². The second-order valence-corrected chi connectivity index (χ2v) is 4.75. The number of aromatic carboxylic acids is 1. The molecule has 0 aliphatic carbocycles. The van der Waals surface area contributed by atoms with Crippen molar-refractivity contribution in [3.63, 3.8) is 0 Å². The van der Waals surface area contributed by atoms with Gasteiger partial charge in [-0.15, -0.1) is 0 Å². The molecule has 2 rings (SSSR count). The number of halogens is 2. The summed E-state index contributed by atoms with van der Waals surface area (Å²) in [6.45, 7) is 0.170. The zero-order valence-electron chi connectivity index (χ0n) is 10.5. The first kappa shape index (κ1) is 14.6. The van der Waals surface area contributed by atoms with Gasteiger partial charge in [0.1, 0.15) is 11.6 Å². The van der Waals surface area contributed by atoms with Crippen molar-refractivity contribution in [2.45, 2.75) is 12.3 Å². The minimum Gasteiger partial charge on any atom is -0.475 e. The number of nitrogens with two attached hydrogens (primary N) is 1. The van der Waals surface area contributed by atoms with E-state index in [9.17, 15) is 9.18 Å². The Morgan fingerprint density at radius 1 is 1.40 bits per heavy atom. The first-order chi connectivity index (χ1) is 9.52. The molecule has 0 aliphatic rings. The molecule has 1 unspecified atom stereocenters. The van der Waals surface area contributed by atoms with Gasteiger partial charge in [-0.3, -0.25) is 0 Å². The molecule has 0 saturated carbocycles. The maximum absolute atomic E-state index is 13.9. The number of benzene rings is 1. The molecule has 0 saturated heterocycles. The summed E-state index contributed by atoms with van der Waals surface area (Å²) >= 11 is 6.00. The monoisotopic (exact) mass is 297 g/mol. The van der Waals surface area contributed by atoms with Gasteiger partial charge in [0, 0.05) is 22.9 Å². The summed E-state index contributed by atoms with van der Waals surface area (Å²) in [5.74, 6) is -1.69. The summed E-state index contributed by atoms with van der Waals surface area (Å²) < 4.78 is 19.0.